The number of imidazole rings is 1. The third kappa shape index (κ3) is 1.21. The Labute approximate surface area is 65.3 Å². The Hall–Kier alpha value is -0.770. The van der Waals surface area contributed by atoms with Crippen LogP contribution in [0.4, 0.5) is 0 Å². The van der Waals surface area contributed by atoms with Crippen molar-refractivity contribution < 1.29 is 0 Å². The number of H-pyrrole nitrogens is 1. The Bertz CT molecular complexity index is 271. The molecule has 0 saturated heterocycles. The molecule has 0 spiro atoms. The normalized spacial score (nSPS) is 9.90. The molecule has 1 N–H and O–H groups in total. The second-order valence-corrected chi connectivity index (χ2v) is 2.82. The molecule has 1 heterocycles. The van der Waals surface area contributed by atoms with Gasteiger partial charge in [0.2, 0.25) is 0 Å². The standard InChI is InChI=1S/C6H11N3S/c1-5-4-9(8(2)3)6(10)7-5/h4H,1-3H3,(H,7,10). The number of aromatic nitrogens is 2. The lowest BCUT2D eigenvalue weighted by molar-refractivity contribution is 0.719. The van der Waals surface area contributed by atoms with Crippen LogP contribution in [0.15, 0.2) is 6.20 Å². The van der Waals surface area contributed by atoms with Crippen molar-refractivity contribution in [1.82, 2.24) is 9.66 Å². The minimum absolute atomic E-state index is 0.738. The molecule has 0 fully saturated rings. The smallest absolute Gasteiger partial charge is 0.196 e. The van der Waals surface area contributed by atoms with Crippen molar-refractivity contribution in [2.75, 3.05) is 19.1 Å². The van der Waals surface area contributed by atoms with Gasteiger partial charge in [0.1, 0.15) is 0 Å². The van der Waals surface area contributed by atoms with E-state index >= 15 is 0 Å². The minimum atomic E-state index is 0.738. The van der Waals surface area contributed by atoms with Crippen molar-refractivity contribution in [3.63, 3.8) is 0 Å². The Morgan fingerprint density at radius 2 is 2.20 bits per heavy atom. The molecule has 1 rings (SSSR count). The maximum atomic E-state index is 5.01. The molecule has 0 aromatic carbocycles. The van der Waals surface area contributed by atoms with E-state index in [2.05, 4.69) is 4.98 Å². The monoisotopic (exact) mass is 157 g/mol. The summed E-state index contributed by atoms with van der Waals surface area (Å²) in [5.41, 5.74) is 1.08. The van der Waals surface area contributed by atoms with E-state index in [9.17, 15) is 0 Å². The van der Waals surface area contributed by atoms with Gasteiger partial charge < -0.3 is 9.99 Å². The van der Waals surface area contributed by atoms with Crippen LogP contribution >= 0.6 is 12.2 Å². The van der Waals surface area contributed by atoms with Gasteiger partial charge in [0.25, 0.3) is 0 Å². The predicted molar refractivity (Wildman–Crippen MR) is 44.4 cm³/mol. The number of aryl methyl sites for hydroxylation is 1. The van der Waals surface area contributed by atoms with Crippen molar-refractivity contribution in [3.8, 4) is 0 Å². The lowest BCUT2D eigenvalue weighted by Gasteiger charge is -2.11. The van der Waals surface area contributed by atoms with E-state index in [1.807, 2.05) is 36.9 Å². The highest BCUT2D eigenvalue weighted by atomic mass is 32.1. The van der Waals surface area contributed by atoms with Gasteiger partial charge in [-0.2, -0.15) is 0 Å². The molecule has 1 aromatic heterocycles. The summed E-state index contributed by atoms with van der Waals surface area (Å²) in [7, 11) is 3.90. The molecular formula is C6H11N3S. The second-order valence-electron chi connectivity index (χ2n) is 2.43. The maximum Gasteiger partial charge on any atom is 0.196 e. The highest BCUT2D eigenvalue weighted by Gasteiger charge is 1.95. The van der Waals surface area contributed by atoms with Gasteiger partial charge >= 0.3 is 0 Å². The van der Waals surface area contributed by atoms with E-state index in [0.29, 0.717) is 0 Å². The second kappa shape index (κ2) is 2.46. The van der Waals surface area contributed by atoms with Gasteiger partial charge in [-0.1, -0.05) is 0 Å². The summed E-state index contributed by atoms with van der Waals surface area (Å²) < 4.78 is 2.62. The molecule has 56 valence electrons. The third-order valence-corrected chi connectivity index (χ3v) is 1.55. The molecule has 0 aliphatic rings. The summed E-state index contributed by atoms with van der Waals surface area (Å²) in [6.45, 7) is 1.98. The van der Waals surface area contributed by atoms with Gasteiger partial charge in [0.15, 0.2) is 4.77 Å². The highest BCUT2D eigenvalue weighted by Crippen LogP contribution is 1.95. The van der Waals surface area contributed by atoms with Crippen molar-refractivity contribution >= 4 is 12.2 Å². The Balaban J connectivity index is 3.16. The fraction of sp³-hybridized carbons (Fsp3) is 0.500. The van der Waals surface area contributed by atoms with E-state index in [4.69, 9.17) is 12.2 Å². The van der Waals surface area contributed by atoms with Gasteiger partial charge in [-0.15, -0.1) is 0 Å². The molecule has 0 unspecified atom stereocenters. The molecule has 3 nitrogen and oxygen atoms in total. The molecule has 0 radical (unpaired) electrons. The average Bonchev–Trinajstić information content (AvgIpc) is 2.10. The van der Waals surface area contributed by atoms with Gasteiger partial charge in [-0.05, 0) is 19.1 Å². The van der Waals surface area contributed by atoms with E-state index in [0.717, 1.165) is 10.5 Å². The average molecular weight is 157 g/mol. The number of rotatable bonds is 1. The van der Waals surface area contributed by atoms with Gasteiger partial charge in [-0.25, -0.2) is 4.68 Å². The Morgan fingerprint density at radius 3 is 2.40 bits per heavy atom. The van der Waals surface area contributed by atoms with Crippen LogP contribution in [0, 0.1) is 11.7 Å². The molecule has 0 amide bonds. The quantitative estimate of drug-likeness (QED) is 0.616. The fourth-order valence-corrected chi connectivity index (χ4v) is 1.17. The number of aromatic amines is 1. The first-order valence-corrected chi connectivity index (χ1v) is 3.48. The summed E-state index contributed by atoms with van der Waals surface area (Å²) in [6.07, 6.45) is 1.96. The maximum absolute atomic E-state index is 5.01. The Morgan fingerprint density at radius 1 is 1.60 bits per heavy atom. The zero-order chi connectivity index (χ0) is 7.72. The van der Waals surface area contributed by atoms with Gasteiger partial charge in [0, 0.05) is 26.0 Å². The van der Waals surface area contributed by atoms with Crippen molar-refractivity contribution in [3.05, 3.63) is 16.7 Å². The molecule has 0 saturated carbocycles. The lowest BCUT2D eigenvalue weighted by atomic mass is 10.6. The van der Waals surface area contributed by atoms with Crippen LogP contribution < -0.4 is 5.01 Å². The molecule has 4 heteroatoms. The van der Waals surface area contributed by atoms with Crippen molar-refractivity contribution in [1.29, 1.82) is 0 Å². The van der Waals surface area contributed by atoms with E-state index < -0.39 is 0 Å². The summed E-state index contributed by atoms with van der Waals surface area (Å²) in [4.78, 5) is 3.02. The van der Waals surface area contributed by atoms with E-state index in [1.54, 1.807) is 0 Å². The molecule has 0 atom stereocenters. The Kier molecular flexibility index (Phi) is 1.80. The molecular weight excluding hydrogens is 146 g/mol. The van der Waals surface area contributed by atoms with Crippen LogP contribution in [0.2, 0.25) is 0 Å². The summed E-state index contributed by atoms with van der Waals surface area (Å²) in [6, 6.07) is 0. The third-order valence-electron chi connectivity index (χ3n) is 1.26. The first kappa shape index (κ1) is 7.34. The summed E-state index contributed by atoms with van der Waals surface area (Å²) in [5.74, 6) is 0. The van der Waals surface area contributed by atoms with Crippen LogP contribution in [-0.4, -0.2) is 23.8 Å². The van der Waals surface area contributed by atoms with Crippen LogP contribution in [0.3, 0.4) is 0 Å². The molecule has 0 aliphatic heterocycles. The van der Waals surface area contributed by atoms with Crippen molar-refractivity contribution in [2.45, 2.75) is 6.92 Å². The number of nitrogens with zero attached hydrogens (tertiary/aromatic N) is 2. The summed E-state index contributed by atoms with van der Waals surface area (Å²) in [5, 5.41) is 1.92. The molecule has 0 aliphatic carbocycles. The van der Waals surface area contributed by atoms with Crippen LogP contribution in [-0.2, 0) is 0 Å². The number of hydrogen-bond acceptors (Lipinski definition) is 2. The minimum Gasteiger partial charge on any atom is -0.333 e. The van der Waals surface area contributed by atoms with Gasteiger partial charge in [0.05, 0.1) is 0 Å². The van der Waals surface area contributed by atoms with Crippen LogP contribution in [0.1, 0.15) is 5.69 Å². The fourth-order valence-electron chi connectivity index (χ4n) is 0.797. The zero-order valence-electron chi connectivity index (χ0n) is 6.38. The zero-order valence-corrected chi connectivity index (χ0v) is 7.20. The van der Waals surface area contributed by atoms with Gasteiger partial charge in [-0.3, -0.25) is 0 Å². The summed E-state index contributed by atoms with van der Waals surface area (Å²) >= 11 is 5.01. The first-order chi connectivity index (χ1) is 4.61. The van der Waals surface area contributed by atoms with Crippen LogP contribution in [0.5, 0.6) is 0 Å². The molecule has 0 bridgehead atoms. The largest absolute Gasteiger partial charge is 0.333 e. The predicted octanol–water partition coefficient (Wildman–Crippen LogP) is 1.05. The van der Waals surface area contributed by atoms with E-state index in [-0.39, 0.29) is 0 Å². The van der Waals surface area contributed by atoms with Crippen LogP contribution in [0.25, 0.3) is 0 Å². The number of nitrogens with one attached hydrogen (secondary N) is 1. The first-order valence-electron chi connectivity index (χ1n) is 3.07. The lowest BCUT2D eigenvalue weighted by Crippen LogP contribution is -2.23. The molecule has 10 heavy (non-hydrogen) atoms. The topological polar surface area (TPSA) is 24.0 Å². The van der Waals surface area contributed by atoms with E-state index in [1.165, 1.54) is 0 Å². The number of hydrogen-bond donors (Lipinski definition) is 1. The molecule has 1 aromatic rings. The highest BCUT2D eigenvalue weighted by molar-refractivity contribution is 7.71. The van der Waals surface area contributed by atoms with Crippen molar-refractivity contribution in [2.24, 2.45) is 0 Å². The SMILES string of the molecule is Cc1cn(N(C)C)c(=S)[nH]1.